The van der Waals surface area contributed by atoms with Crippen molar-refractivity contribution in [2.75, 3.05) is 11.9 Å². The van der Waals surface area contributed by atoms with Crippen LogP contribution in [0.5, 0.6) is 0 Å². The monoisotopic (exact) mass is 386 g/mol. The van der Waals surface area contributed by atoms with Gasteiger partial charge in [-0.3, -0.25) is 14.7 Å². The van der Waals surface area contributed by atoms with Gasteiger partial charge in [-0.2, -0.15) is 14.0 Å². The number of anilines is 1. The van der Waals surface area contributed by atoms with Crippen molar-refractivity contribution < 1.29 is 18.4 Å². The molecule has 0 aliphatic carbocycles. The van der Waals surface area contributed by atoms with E-state index in [0.29, 0.717) is 11.3 Å². The highest BCUT2D eigenvalue weighted by Crippen LogP contribution is 2.41. The summed E-state index contributed by atoms with van der Waals surface area (Å²) in [4.78, 5) is 32.4. The molecule has 144 valence electrons. The standard InChI is InChI=1S/C18H16F2N6O2/c1-10-3-4-14-13(5-10)18(19,20)26(17(28)25-14)9-16(27)24-11(2)15-8-22-12(6-21)7-23-15/h3-5,7-8,11H,9H2,1-2H3,(H,24,27)(H,25,28)/t11-/m0/s1. The highest BCUT2D eigenvalue weighted by molar-refractivity contribution is 5.95. The van der Waals surface area contributed by atoms with Crippen molar-refractivity contribution >= 4 is 17.6 Å². The van der Waals surface area contributed by atoms with Gasteiger partial charge in [-0.05, 0) is 26.0 Å². The fraction of sp³-hybridized carbons (Fsp3) is 0.278. The second-order valence-electron chi connectivity index (χ2n) is 6.33. The molecule has 0 saturated heterocycles. The number of aromatic nitrogens is 2. The van der Waals surface area contributed by atoms with Crippen LogP contribution in [0.15, 0.2) is 30.6 Å². The molecular weight excluding hydrogens is 370 g/mol. The minimum absolute atomic E-state index is 0.0125. The maximum Gasteiger partial charge on any atom is 0.358 e. The SMILES string of the molecule is Cc1ccc2c(c1)C(F)(F)N(CC(=O)N[C@@H](C)c1cnc(C#N)cn1)C(=O)N2. The number of carbonyl (C=O) groups excluding carboxylic acids is 2. The van der Waals surface area contributed by atoms with Gasteiger partial charge in [-0.15, -0.1) is 0 Å². The summed E-state index contributed by atoms with van der Waals surface area (Å²) < 4.78 is 29.7. The second kappa shape index (κ2) is 7.19. The van der Waals surface area contributed by atoms with E-state index < -0.39 is 30.6 Å². The fourth-order valence-electron chi connectivity index (χ4n) is 2.77. The summed E-state index contributed by atoms with van der Waals surface area (Å²) in [6, 6.07) is 0.745. The number of benzene rings is 1. The number of nitrogens with one attached hydrogen (secondary N) is 2. The molecular formula is C18H16F2N6O2. The van der Waals surface area contributed by atoms with Crippen LogP contribution < -0.4 is 10.6 Å². The number of aryl methyl sites for hydroxylation is 1. The molecule has 0 radical (unpaired) electrons. The Hall–Kier alpha value is -3.61. The van der Waals surface area contributed by atoms with Gasteiger partial charge in [-0.25, -0.2) is 9.78 Å². The van der Waals surface area contributed by atoms with Gasteiger partial charge in [0.05, 0.1) is 35.4 Å². The molecule has 0 spiro atoms. The Balaban J connectivity index is 1.74. The third kappa shape index (κ3) is 3.59. The summed E-state index contributed by atoms with van der Waals surface area (Å²) in [5, 5.41) is 13.6. The van der Waals surface area contributed by atoms with Crippen LogP contribution >= 0.6 is 0 Å². The summed E-state index contributed by atoms with van der Waals surface area (Å²) >= 11 is 0. The molecule has 1 aromatic carbocycles. The molecule has 0 bridgehead atoms. The van der Waals surface area contributed by atoms with Gasteiger partial charge in [0, 0.05) is 0 Å². The van der Waals surface area contributed by atoms with Crippen molar-refractivity contribution in [3.8, 4) is 6.07 Å². The number of halogens is 2. The average molecular weight is 386 g/mol. The maximum absolute atomic E-state index is 14.8. The summed E-state index contributed by atoms with van der Waals surface area (Å²) in [5.74, 6) is -0.787. The first-order valence-electron chi connectivity index (χ1n) is 8.31. The molecule has 1 atom stereocenters. The molecule has 10 heteroatoms. The van der Waals surface area contributed by atoms with Gasteiger partial charge >= 0.3 is 12.1 Å². The normalized spacial score (nSPS) is 15.8. The van der Waals surface area contributed by atoms with Crippen LogP contribution in [0.1, 0.15) is 35.5 Å². The molecule has 3 amide bonds. The quantitative estimate of drug-likeness (QED) is 0.784. The van der Waals surface area contributed by atoms with Crippen molar-refractivity contribution in [1.82, 2.24) is 20.2 Å². The first kappa shape index (κ1) is 19.2. The van der Waals surface area contributed by atoms with E-state index in [1.807, 2.05) is 6.07 Å². The van der Waals surface area contributed by atoms with Crippen molar-refractivity contribution in [2.24, 2.45) is 0 Å². The van der Waals surface area contributed by atoms with Crippen LogP contribution in [-0.2, 0) is 10.8 Å². The number of alkyl halides is 2. The molecule has 0 unspecified atom stereocenters. The fourth-order valence-corrected chi connectivity index (χ4v) is 2.77. The minimum atomic E-state index is -3.64. The number of nitriles is 1. The zero-order valence-corrected chi connectivity index (χ0v) is 15.0. The van der Waals surface area contributed by atoms with Crippen LogP contribution in [0.3, 0.4) is 0 Å². The van der Waals surface area contributed by atoms with Crippen molar-refractivity contribution in [3.63, 3.8) is 0 Å². The van der Waals surface area contributed by atoms with Crippen molar-refractivity contribution in [1.29, 1.82) is 5.26 Å². The van der Waals surface area contributed by atoms with E-state index >= 15 is 0 Å². The van der Waals surface area contributed by atoms with Crippen LogP contribution in [0.2, 0.25) is 0 Å². The van der Waals surface area contributed by atoms with Crippen LogP contribution in [0, 0.1) is 18.3 Å². The van der Waals surface area contributed by atoms with Crippen molar-refractivity contribution in [2.45, 2.75) is 25.9 Å². The molecule has 2 N–H and O–H groups in total. The predicted molar refractivity (Wildman–Crippen MR) is 94.1 cm³/mol. The zero-order chi connectivity index (χ0) is 20.5. The topological polar surface area (TPSA) is 111 Å². The van der Waals surface area contributed by atoms with Crippen LogP contribution in [0.25, 0.3) is 0 Å². The van der Waals surface area contributed by atoms with Gasteiger partial charge < -0.3 is 10.6 Å². The highest BCUT2D eigenvalue weighted by atomic mass is 19.3. The Kier molecular flexibility index (Phi) is 4.92. The lowest BCUT2D eigenvalue weighted by Gasteiger charge is -2.36. The molecule has 0 saturated carbocycles. The van der Waals surface area contributed by atoms with E-state index in [0.717, 1.165) is 0 Å². The summed E-state index contributed by atoms with van der Waals surface area (Å²) in [6.07, 6.45) is 2.55. The predicted octanol–water partition coefficient (Wildman–Crippen LogP) is 2.43. The molecule has 2 aromatic rings. The second-order valence-corrected chi connectivity index (χ2v) is 6.33. The molecule has 3 rings (SSSR count). The maximum atomic E-state index is 14.8. The molecule has 1 aliphatic rings. The molecule has 0 fully saturated rings. The number of hydrogen-bond acceptors (Lipinski definition) is 5. The van der Waals surface area contributed by atoms with Gasteiger partial charge in [-0.1, -0.05) is 11.6 Å². The average Bonchev–Trinajstić information content (AvgIpc) is 2.66. The molecule has 2 heterocycles. The summed E-state index contributed by atoms with van der Waals surface area (Å²) in [7, 11) is 0. The number of rotatable bonds is 4. The number of amides is 3. The smallest absolute Gasteiger partial charge is 0.346 e. The first-order chi connectivity index (χ1) is 13.2. The number of nitrogens with zero attached hydrogens (tertiary/aromatic N) is 4. The van der Waals surface area contributed by atoms with E-state index in [1.165, 1.54) is 24.5 Å². The molecule has 28 heavy (non-hydrogen) atoms. The number of hydrogen-bond donors (Lipinski definition) is 2. The highest BCUT2D eigenvalue weighted by Gasteiger charge is 2.48. The summed E-state index contributed by atoms with van der Waals surface area (Å²) in [5.41, 5.74) is 0.709. The lowest BCUT2D eigenvalue weighted by Crippen LogP contribution is -2.53. The molecule has 1 aromatic heterocycles. The van der Waals surface area contributed by atoms with E-state index in [2.05, 4.69) is 20.6 Å². The molecule has 1 aliphatic heterocycles. The Labute approximate surface area is 159 Å². The van der Waals surface area contributed by atoms with Gasteiger partial charge in [0.1, 0.15) is 12.6 Å². The minimum Gasteiger partial charge on any atom is -0.346 e. The van der Waals surface area contributed by atoms with Crippen LogP contribution in [0.4, 0.5) is 19.3 Å². The third-order valence-electron chi connectivity index (χ3n) is 4.23. The lowest BCUT2D eigenvalue weighted by molar-refractivity contribution is -0.145. The van der Waals surface area contributed by atoms with Gasteiger partial charge in [0.2, 0.25) is 5.91 Å². The van der Waals surface area contributed by atoms with Gasteiger partial charge in [0.25, 0.3) is 0 Å². The molecule has 8 nitrogen and oxygen atoms in total. The van der Waals surface area contributed by atoms with Crippen molar-refractivity contribution in [3.05, 3.63) is 53.1 Å². The first-order valence-corrected chi connectivity index (χ1v) is 8.31. The Morgan fingerprint density at radius 1 is 1.39 bits per heavy atom. The zero-order valence-electron chi connectivity index (χ0n) is 15.0. The number of urea groups is 1. The Morgan fingerprint density at radius 3 is 2.79 bits per heavy atom. The number of fused-ring (bicyclic) bond motifs is 1. The lowest BCUT2D eigenvalue weighted by atomic mass is 10.0. The van der Waals surface area contributed by atoms with E-state index in [1.54, 1.807) is 19.9 Å². The van der Waals surface area contributed by atoms with Crippen LogP contribution in [-0.4, -0.2) is 33.4 Å². The largest absolute Gasteiger partial charge is 0.358 e. The Bertz CT molecular complexity index is 971. The summed E-state index contributed by atoms with van der Waals surface area (Å²) in [6.45, 7) is 2.39. The van der Waals surface area contributed by atoms with E-state index in [9.17, 15) is 18.4 Å². The Morgan fingerprint density at radius 2 is 2.14 bits per heavy atom. The van der Waals surface area contributed by atoms with Gasteiger partial charge in [0.15, 0.2) is 5.69 Å². The van der Waals surface area contributed by atoms with E-state index in [4.69, 9.17) is 5.26 Å². The number of carbonyl (C=O) groups is 2. The third-order valence-corrected chi connectivity index (χ3v) is 4.23. The van der Waals surface area contributed by atoms with E-state index in [-0.39, 0.29) is 21.8 Å².